The van der Waals surface area contributed by atoms with Crippen LogP contribution in [0.2, 0.25) is 0 Å². The number of aliphatic hydroxyl groups is 1. The predicted molar refractivity (Wildman–Crippen MR) is 76.4 cm³/mol. The average molecular weight is 296 g/mol. The fourth-order valence-electron chi connectivity index (χ4n) is 2.58. The molecule has 0 bridgehead atoms. The number of aliphatic hydroxyl groups excluding tert-OH is 1. The van der Waals surface area contributed by atoms with E-state index in [-0.39, 0.29) is 17.9 Å². The summed E-state index contributed by atoms with van der Waals surface area (Å²) in [6, 6.07) is 0. The number of carbonyl (C=O) groups excluding carboxylic acids is 1. The second-order valence-corrected chi connectivity index (χ2v) is 5.19. The number of aromatic nitrogens is 1. The molecule has 0 aliphatic heterocycles. The number of hydrogen-bond donors (Lipinski definition) is 5. The van der Waals surface area contributed by atoms with E-state index >= 15 is 0 Å². The summed E-state index contributed by atoms with van der Waals surface area (Å²) in [5, 5.41) is 23.3. The highest BCUT2D eigenvalue weighted by atomic mass is 16.3. The fraction of sp³-hybridized carbons (Fsp3) is 0.571. The van der Waals surface area contributed by atoms with Gasteiger partial charge in [0.1, 0.15) is 11.3 Å². The van der Waals surface area contributed by atoms with Gasteiger partial charge in [0, 0.05) is 11.3 Å². The van der Waals surface area contributed by atoms with Crippen molar-refractivity contribution >= 4 is 5.91 Å². The Labute approximate surface area is 122 Å². The number of carbonyl (C=O) groups is 1. The number of nitrogens with one attached hydrogen (secondary N) is 2. The van der Waals surface area contributed by atoms with E-state index in [4.69, 9.17) is 5.11 Å². The summed E-state index contributed by atoms with van der Waals surface area (Å²) in [6.07, 6.45) is 3.34. The lowest BCUT2D eigenvalue weighted by Gasteiger charge is -2.18. The summed E-state index contributed by atoms with van der Waals surface area (Å²) in [5.41, 5.74) is 0.706. The molecule has 0 aromatic carbocycles. The maximum absolute atomic E-state index is 12.1. The third-order valence-corrected chi connectivity index (χ3v) is 3.68. The van der Waals surface area contributed by atoms with Gasteiger partial charge in [-0.3, -0.25) is 9.59 Å². The first-order chi connectivity index (χ1) is 10.1. The van der Waals surface area contributed by atoms with Gasteiger partial charge < -0.3 is 25.8 Å². The first kappa shape index (κ1) is 15.5. The van der Waals surface area contributed by atoms with Crippen molar-refractivity contribution in [1.29, 1.82) is 0 Å². The Morgan fingerprint density at radius 3 is 2.81 bits per heavy atom. The van der Waals surface area contributed by atoms with Crippen LogP contribution in [0.25, 0.3) is 0 Å². The Balaban J connectivity index is 2.08. The van der Waals surface area contributed by atoms with Crippen molar-refractivity contribution in [2.24, 2.45) is 0 Å². The van der Waals surface area contributed by atoms with Crippen LogP contribution in [-0.4, -0.2) is 47.3 Å². The molecule has 7 nitrogen and oxygen atoms in total. The van der Waals surface area contributed by atoms with Crippen molar-refractivity contribution in [2.75, 3.05) is 26.2 Å². The molecule has 1 heterocycles. The number of hydrogen-bond acceptors (Lipinski definition) is 4. The Morgan fingerprint density at radius 1 is 1.29 bits per heavy atom. The number of fused-ring (bicyclic) bond motifs is 1. The first-order valence-electron chi connectivity index (χ1n) is 7.33. The van der Waals surface area contributed by atoms with Crippen LogP contribution in [0.5, 0.6) is 5.75 Å². The molecule has 0 atom stereocenters. The maximum Gasteiger partial charge on any atom is 0.264 e. The zero-order chi connectivity index (χ0) is 15.2. The van der Waals surface area contributed by atoms with Crippen LogP contribution < -0.4 is 16.2 Å². The minimum Gasteiger partial charge on any atom is -0.507 e. The van der Waals surface area contributed by atoms with Gasteiger partial charge in [-0.25, -0.2) is 0 Å². The summed E-state index contributed by atoms with van der Waals surface area (Å²) in [4.78, 5) is 26.7. The molecule has 0 unspecified atom stereocenters. The van der Waals surface area contributed by atoms with E-state index in [0.717, 1.165) is 25.0 Å². The van der Waals surface area contributed by atoms with Gasteiger partial charge in [-0.05, 0) is 25.7 Å². The van der Waals surface area contributed by atoms with Gasteiger partial charge >= 0.3 is 0 Å². The maximum atomic E-state index is 12.1. The molecule has 2 rings (SSSR count). The number of quaternary nitrogens is 1. The van der Waals surface area contributed by atoms with Crippen molar-refractivity contribution in [2.45, 2.75) is 25.7 Å². The van der Waals surface area contributed by atoms with Crippen LogP contribution in [0, 0.1) is 0 Å². The lowest BCUT2D eigenvalue weighted by atomic mass is 9.93. The lowest BCUT2D eigenvalue weighted by molar-refractivity contribution is -0.654. The molecule has 1 aliphatic carbocycles. The molecule has 116 valence electrons. The van der Waals surface area contributed by atoms with Crippen LogP contribution >= 0.6 is 0 Å². The molecule has 1 aromatic heterocycles. The van der Waals surface area contributed by atoms with E-state index in [0.29, 0.717) is 31.6 Å². The van der Waals surface area contributed by atoms with Crippen molar-refractivity contribution in [3.05, 3.63) is 27.2 Å². The molecule has 7 heteroatoms. The normalized spacial score (nSPS) is 13.8. The van der Waals surface area contributed by atoms with E-state index in [9.17, 15) is 14.7 Å². The van der Waals surface area contributed by atoms with Crippen molar-refractivity contribution < 1.29 is 20.3 Å². The van der Waals surface area contributed by atoms with Gasteiger partial charge in [0.15, 0.2) is 0 Å². The van der Waals surface area contributed by atoms with Gasteiger partial charge in [0.2, 0.25) is 0 Å². The number of H-pyrrole nitrogens is 1. The highest BCUT2D eigenvalue weighted by Gasteiger charge is 2.23. The number of aromatic hydroxyl groups is 1. The largest absolute Gasteiger partial charge is 0.507 e. The summed E-state index contributed by atoms with van der Waals surface area (Å²) in [6.45, 7) is 1.63. The summed E-state index contributed by atoms with van der Waals surface area (Å²) in [7, 11) is 0. The highest BCUT2D eigenvalue weighted by Crippen LogP contribution is 2.28. The average Bonchev–Trinajstić information content (AvgIpc) is 2.47. The Kier molecular flexibility index (Phi) is 5.35. The molecule has 0 spiro atoms. The fourth-order valence-corrected chi connectivity index (χ4v) is 2.58. The van der Waals surface area contributed by atoms with Crippen LogP contribution in [0.15, 0.2) is 4.79 Å². The summed E-state index contributed by atoms with van der Waals surface area (Å²) in [5.74, 6) is -0.732. The number of amides is 1. The molecule has 1 aromatic rings. The second-order valence-electron chi connectivity index (χ2n) is 5.19. The zero-order valence-corrected chi connectivity index (χ0v) is 11.9. The number of nitrogens with two attached hydrogens (primary N) is 1. The van der Waals surface area contributed by atoms with Gasteiger partial charge in [-0.15, -0.1) is 0 Å². The molecule has 6 N–H and O–H groups in total. The Morgan fingerprint density at radius 2 is 2.05 bits per heavy atom. The minimum atomic E-state index is -0.556. The molecule has 21 heavy (non-hydrogen) atoms. The molecular formula is C14H22N3O4+. The van der Waals surface area contributed by atoms with E-state index < -0.39 is 11.5 Å². The zero-order valence-electron chi connectivity index (χ0n) is 11.9. The molecular weight excluding hydrogens is 274 g/mol. The van der Waals surface area contributed by atoms with Crippen molar-refractivity contribution in [1.82, 2.24) is 10.3 Å². The number of aryl methyl sites for hydroxylation is 1. The Hall–Kier alpha value is -1.86. The van der Waals surface area contributed by atoms with E-state index in [1.807, 2.05) is 5.32 Å². The van der Waals surface area contributed by atoms with Crippen LogP contribution in [0.3, 0.4) is 0 Å². The molecule has 0 saturated heterocycles. The van der Waals surface area contributed by atoms with E-state index in [2.05, 4.69) is 10.3 Å². The monoisotopic (exact) mass is 296 g/mol. The standard InChI is InChI=1S/C14H21N3O4/c18-8-7-15-5-6-16-13(20)11-12(19)9-3-1-2-4-10(9)17-14(11)21/h15,18H,1-8H2,(H,16,20)(H2,17,19,21)/p+1. The number of rotatable bonds is 6. The quantitative estimate of drug-likeness (QED) is 0.400. The van der Waals surface area contributed by atoms with Crippen molar-refractivity contribution in [3.63, 3.8) is 0 Å². The van der Waals surface area contributed by atoms with Gasteiger partial charge in [0.05, 0.1) is 26.2 Å². The molecule has 1 amide bonds. The topological polar surface area (TPSA) is 119 Å². The molecule has 0 saturated carbocycles. The van der Waals surface area contributed by atoms with Crippen LogP contribution in [0.1, 0.15) is 34.5 Å². The van der Waals surface area contributed by atoms with Gasteiger partial charge in [0.25, 0.3) is 11.5 Å². The first-order valence-corrected chi connectivity index (χ1v) is 7.33. The van der Waals surface area contributed by atoms with Gasteiger partial charge in [-0.1, -0.05) is 0 Å². The smallest absolute Gasteiger partial charge is 0.264 e. The van der Waals surface area contributed by atoms with Crippen LogP contribution in [-0.2, 0) is 12.8 Å². The summed E-state index contributed by atoms with van der Waals surface area (Å²) < 4.78 is 0. The number of aromatic amines is 1. The SMILES string of the molecule is O=C(NCC[NH2+]CCO)c1c(O)c2c([nH]c1=O)CCCC2. The third-order valence-electron chi connectivity index (χ3n) is 3.68. The predicted octanol–water partition coefficient (Wildman–Crippen LogP) is -1.76. The molecule has 1 aliphatic rings. The molecule has 0 radical (unpaired) electrons. The molecule has 0 fully saturated rings. The third kappa shape index (κ3) is 3.62. The van der Waals surface area contributed by atoms with E-state index in [1.54, 1.807) is 0 Å². The van der Waals surface area contributed by atoms with Crippen LogP contribution in [0.4, 0.5) is 0 Å². The number of pyridine rings is 1. The second kappa shape index (κ2) is 7.24. The van der Waals surface area contributed by atoms with Crippen molar-refractivity contribution in [3.8, 4) is 5.75 Å². The van der Waals surface area contributed by atoms with E-state index in [1.165, 1.54) is 0 Å². The summed E-state index contributed by atoms with van der Waals surface area (Å²) >= 11 is 0. The Bertz CT molecular complexity index is 568. The van der Waals surface area contributed by atoms with Gasteiger partial charge in [-0.2, -0.15) is 0 Å². The minimum absolute atomic E-state index is 0.0826. The lowest BCUT2D eigenvalue weighted by Crippen LogP contribution is -2.86. The highest BCUT2D eigenvalue weighted by molar-refractivity contribution is 5.96.